The van der Waals surface area contributed by atoms with E-state index in [0.29, 0.717) is 6.04 Å². The van der Waals surface area contributed by atoms with E-state index in [-0.39, 0.29) is 5.78 Å². The monoisotopic (exact) mass is 384 g/mol. The summed E-state index contributed by atoms with van der Waals surface area (Å²) in [5, 5.41) is 4.37. The van der Waals surface area contributed by atoms with Gasteiger partial charge in [0.25, 0.3) is 0 Å². The van der Waals surface area contributed by atoms with Crippen molar-refractivity contribution in [1.82, 2.24) is 0 Å². The first-order valence-electron chi connectivity index (χ1n) is 8.79. The van der Waals surface area contributed by atoms with Crippen LogP contribution < -0.4 is 9.64 Å². The number of quaternary nitrogens is 1. The summed E-state index contributed by atoms with van der Waals surface area (Å²) in [5.74, 6) is 0.959. The minimum Gasteiger partial charge on any atom is -0.496 e. The zero-order valence-electron chi connectivity index (χ0n) is 15.0. The van der Waals surface area contributed by atoms with Crippen LogP contribution in [0.4, 0.5) is 0 Å². The molecule has 1 aliphatic heterocycles. The largest absolute Gasteiger partial charge is 0.496 e. The maximum Gasteiger partial charge on any atom is 0.159 e. The minimum atomic E-state index is 0.0949. The van der Waals surface area contributed by atoms with E-state index in [4.69, 9.17) is 4.74 Å². The van der Waals surface area contributed by atoms with Crippen molar-refractivity contribution in [2.24, 2.45) is 0 Å². The van der Waals surface area contributed by atoms with Crippen molar-refractivity contribution in [2.45, 2.75) is 25.9 Å². The fourth-order valence-corrected chi connectivity index (χ4v) is 5.65. The van der Waals surface area contributed by atoms with Crippen molar-refractivity contribution in [3.63, 3.8) is 0 Å². The summed E-state index contributed by atoms with van der Waals surface area (Å²) < 4.78 is 5.58. The SMILES string of the molecule is COc1ccc(C(C)=O)cc1C[NH+]1CCc2sccc2[C@@H]1c1cccs1. The Morgan fingerprint density at radius 2 is 2.12 bits per heavy atom. The van der Waals surface area contributed by atoms with Gasteiger partial charge in [-0.25, -0.2) is 0 Å². The summed E-state index contributed by atoms with van der Waals surface area (Å²) in [4.78, 5) is 16.3. The van der Waals surface area contributed by atoms with Gasteiger partial charge >= 0.3 is 0 Å². The van der Waals surface area contributed by atoms with E-state index in [9.17, 15) is 4.79 Å². The van der Waals surface area contributed by atoms with Gasteiger partial charge in [-0.2, -0.15) is 0 Å². The van der Waals surface area contributed by atoms with Crippen molar-refractivity contribution in [2.75, 3.05) is 13.7 Å². The van der Waals surface area contributed by atoms with Crippen LogP contribution in [0.2, 0.25) is 0 Å². The highest BCUT2D eigenvalue weighted by Gasteiger charge is 2.34. The van der Waals surface area contributed by atoms with Crippen LogP contribution in [0.25, 0.3) is 0 Å². The normalized spacial score (nSPS) is 19.2. The second-order valence-corrected chi connectivity index (χ2v) is 8.65. The molecule has 1 N–H and O–H groups in total. The Kier molecular flexibility index (Phi) is 4.94. The molecule has 1 aromatic carbocycles. The third-order valence-corrected chi connectivity index (χ3v) is 7.04. The molecule has 0 saturated heterocycles. The van der Waals surface area contributed by atoms with Crippen molar-refractivity contribution in [3.8, 4) is 5.75 Å². The molecular formula is C21H22NO2S2+. The summed E-state index contributed by atoms with van der Waals surface area (Å²) in [6.07, 6.45) is 1.11. The molecule has 0 amide bonds. The highest BCUT2D eigenvalue weighted by molar-refractivity contribution is 7.10. The number of carbonyl (C=O) groups is 1. The van der Waals surface area contributed by atoms with E-state index in [1.807, 2.05) is 40.9 Å². The Balaban J connectivity index is 1.71. The molecule has 0 saturated carbocycles. The summed E-state index contributed by atoms with van der Waals surface area (Å²) in [6, 6.07) is 12.8. The summed E-state index contributed by atoms with van der Waals surface area (Å²) in [7, 11) is 1.70. The van der Waals surface area contributed by atoms with Crippen LogP contribution in [0.5, 0.6) is 5.75 Å². The van der Waals surface area contributed by atoms with Crippen LogP contribution >= 0.6 is 22.7 Å². The average molecular weight is 385 g/mol. The molecule has 0 fully saturated rings. The van der Waals surface area contributed by atoms with E-state index in [2.05, 4.69) is 29.0 Å². The van der Waals surface area contributed by atoms with E-state index in [0.717, 1.165) is 36.4 Å². The van der Waals surface area contributed by atoms with Gasteiger partial charge in [0, 0.05) is 28.0 Å². The highest BCUT2D eigenvalue weighted by Crippen LogP contribution is 2.32. The topological polar surface area (TPSA) is 30.7 Å². The number of nitrogens with one attached hydrogen (secondary N) is 1. The number of ketones is 1. The first kappa shape index (κ1) is 17.5. The number of ether oxygens (including phenoxy) is 1. The molecule has 4 rings (SSSR count). The van der Waals surface area contributed by atoms with Gasteiger partial charge in [0.15, 0.2) is 5.78 Å². The fraction of sp³-hybridized carbons (Fsp3) is 0.286. The number of Topliss-reactive ketones (excluding diaryl/α,β-unsaturated/α-hetero) is 1. The van der Waals surface area contributed by atoms with Gasteiger partial charge in [0.2, 0.25) is 0 Å². The molecule has 5 heteroatoms. The molecule has 1 unspecified atom stereocenters. The standard InChI is InChI=1S/C21H21NO2S2/c1-14(23)15-5-6-18(24-2)16(12-15)13-22-9-7-19-17(8-11-26-19)21(22)20-4-3-10-25-20/h3-6,8,10-12,21H,7,9,13H2,1-2H3/p+1/t21-/m1/s1. The average Bonchev–Trinajstić information content (AvgIpc) is 3.33. The molecule has 2 aromatic heterocycles. The first-order chi connectivity index (χ1) is 12.7. The minimum absolute atomic E-state index is 0.0949. The lowest BCUT2D eigenvalue weighted by atomic mass is 9.97. The Labute approximate surface area is 161 Å². The second kappa shape index (κ2) is 7.35. The van der Waals surface area contributed by atoms with E-state index in [1.165, 1.54) is 20.2 Å². The zero-order chi connectivity index (χ0) is 18.1. The fourth-order valence-electron chi connectivity index (χ4n) is 3.83. The summed E-state index contributed by atoms with van der Waals surface area (Å²) in [5.41, 5.74) is 3.32. The Hall–Kier alpha value is -1.95. The van der Waals surface area contributed by atoms with E-state index < -0.39 is 0 Å². The van der Waals surface area contributed by atoms with Crippen molar-refractivity contribution >= 4 is 28.5 Å². The van der Waals surface area contributed by atoms with Gasteiger partial charge in [-0.05, 0) is 48.0 Å². The third kappa shape index (κ3) is 3.22. The van der Waals surface area contributed by atoms with Crippen LogP contribution in [0, 0.1) is 0 Å². The van der Waals surface area contributed by atoms with Gasteiger partial charge < -0.3 is 9.64 Å². The molecule has 0 radical (unpaired) electrons. The predicted molar refractivity (Wildman–Crippen MR) is 107 cm³/mol. The first-order valence-corrected chi connectivity index (χ1v) is 10.6. The number of hydrogen-bond acceptors (Lipinski definition) is 4. The van der Waals surface area contributed by atoms with Crippen LogP contribution in [-0.4, -0.2) is 19.4 Å². The smallest absolute Gasteiger partial charge is 0.159 e. The third-order valence-electron chi connectivity index (χ3n) is 5.10. The molecule has 3 nitrogen and oxygen atoms in total. The molecule has 26 heavy (non-hydrogen) atoms. The number of benzene rings is 1. The lowest BCUT2D eigenvalue weighted by Crippen LogP contribution is -3.12. The predicted octanol–water partition coefficient (Wildman–Crippen LogP) is 3.75. The Morgan fingerprint density at radius 1 is 1.23 bits per heavy atom. The van der Waals surface area contributed by atoms with Crippen LogP contribution in [0.1, 0.15) is 44.2 Å². The molecule has 0 aliphatic carbocycles. The molecule has 0 spiro atoms. The van der Waals surface area contributed by atoms with E-state index in [1.54, 1.807) is 14.0 Å². The summed E-state index contributed by atoms with van der Waals surface area (Å²) >= 11 is 3.70. The van der Waals surface area contributed by atoms with Gasteiger partial charge in [0.05, 0.1) is 18.5 Å². The molecule has 3 heterocycles. The maximum atomic E-state index is 11.8. The number of methoxy groups -OCH3 is 1. The van der Waals surface area contributed by atoms with E-state index >= 15 is 0 Å². The molecule has 1 aliphatic rings. The Bertz CT molecular complexity index is 914. The number of rotatable bonds is 5. The Morgan fingerprint density at radius 3 is 2.85 bits per heavy atom. The van der Waals surface area contributed by atoms with Crippen LogP contribution in [0.3, 0.4) is 0 Å². The number of fused-ring (bicyclic) bond motifs is 1. The molecular weight excluding hydrogens is 362 g/mol. The lowest BCUT2D eigenvalue weighted by Gasteiger charge is -2.32. The van der Waals surface area contributed by atoms with Crippen LogP contribution in [-0.2, 0) is 13.0 Å². The van der Waals surface area contributed by atoms with Gasteiger partial charge in [0.1, 0.15) is 18.3 Å². The van der Waals surface area contributed by atoms with Gasteiger partial charge in [-0.1, -0.05) is 6.07 Å². The molecule has 3 aromatic rings. The van der Waals surface area contributed by atoms with Crippen molar-refractivity contribution in [1.29, 1.82) is 0 Å². The second-order valence-electron chi connectivity index (χ2n) is 6.67. The number of thiophene rings is 2. The summed E-state index contributed by atoms with van der Waals surface area (Å²) in [6.45, 7) is 3.55. The molecule has 134 valence electrons. The maximum absolute atomic E-state index is 11.8. The van der Waals surface area contributed by atoms with Gasteiger partial charge in [-0.3, -0.25) is 4.79 Å². The zero-order valence-corrected chi connectivity index (χ0v) is 16.6. The quantitative estimate of drug-likeness (QED) is 0.679. The number of hydrogen-bond donors (Lipinski definition) is 1. The van der Waals surface area contributed by atoms with Gasteiger partial charge in [-0.15, -0.1) is 22.7 Å². The molecule has 0 bridgehead atoms. The van der Waals surface area contributed by atoms with Crippen molar-refractivity contribution in [3.05, 3.63) is 73.6 Å². The highest BCUT2D eigenvalue weighted by atomic mass is 32.1. The van der Waals surface area contributed by atoms with Crippen LogP contribution in [0.15, 0.2) is 47.2 Å². The molecule has 2 atom stereocenters. The lowest BCUT2D eigenvalue weighted by molar-refractivity contribution is -0.940. The number of carbonyl (C=O) groups excluding carboxylic acids is 1. The van der Waals surface area contributed by atoms with Crippen molar-refractivity contribution < 1.29 is 14.4 Å².